The van der Waals surface area contributed by atoms with Gasteiger partial charge >= 0.3 is 0 Å². The van der Waals surface area contributed by atoms with Crippen molar-refractivity contribution in [1.82, 2.24) is 15.0 Å². The number of hydrogen-bond acceptors (Lipinski definition) is 7. The van der Waals surface area contributed by atoms with Crippen molar-refractivity contribution in [2.75, 3.05) is 11.0 Å². The summed E-state index contributed by atoms with van der Waals surface area (Å²) in [7, 11) is -7.07. The molecule has 0 amide bonds. The topological polar surface area (TPSA) is 119 Å². The average Bonchev–Trinajstić information content (AvgIpc) is 2.88. The van der Waals surface area contributed by atoms with E-state index in [0.29, 0.717) is 28.0 Å². The number of aromatic nitrogens is 3. The minimum absolute atomic E-state index is 0.150. The van der Waals surface area contributed by atoms with Crippen molar-refractivity contribution >= 4 is 36.6 Å². The number of rotatable bonds is 6. The maximum atomic E-state index is 12.7. The van der Waals surface area contributed by atoms with Gasteiger partial charge in [-0.05, 0) is 54.1 Å². The van der Waals surface area contributed by atoms with Crippen LogP contribution in [0.15, 0.2) is 107 Å². The van der Waals surface area contributed by atoms with Crippen molar-refractivity contribution in [2.45, 2.75) is 9.79 Å². The number of hydrogen-bond donors (Lipinski definition) is 1. The molecule has 0 spiro atoms. The predicted molar refractivity (Wildman–Crippen MR) is 139 cm³/mol. The molecule has 0 unspecified atom stereocenters. The van der Waals surface area contributed by atoms with Crippen LogP contribution >= 0.6 is 0 Å². The molecule has 180 valence electrons. The van der Waals surface area contributed by atoms with E-state index in [-0.39, 0.29) is 9.79 Å². The van der Waals surface area contributed by atoms with Crippen LogP contribution in [0.2, 0.25) is 0 Å². The van der Waals surface area contributed by atoms with Crippen molar-refractivity contribution in [1.29, 1.82) is 0 Å². The van der Waals surface area contributed by atoms with Crippen LogP contribution in [0.1, 0.15) is 0 Å². The summed E-state index contributed by atoms with van der Waals surface area (Å²) in [4.78, 5) is 13.8. The van der Waals surface area contributed by atoms with Crippen LogP contribution in [0.5, 0.6) is 0 Å². The Morgan fingerprint density at radius 3 is 2.22 bits per heavy atom. The van der Waals surface area contributed by atoms with Gasteiger partial charge in [-0.3, -0.25) is 14.7 Å². The molecule has 8 nitrogen and oxygen atoms in total. The third-order valence-electron chi connectivity index (χ3n) is 5.52. The van der Waals surface area contributed by atoms with Gasteiger partial charge in [0.25, 0.3) is 10.0 Å². The lowest BCUT2D eigenvalue weighted by Gasteiger charge is -2.10. The standard InChI is InChI=1S/C26H20N4O4S2/c1-35(31,32)21-9-7-18(8-10-21)23-13-14-28-25-12-11-24(29-26(23)25)19-15-20(17-27-16-19)30-36(33,34)22-5-3-2-4-6-22/h2-17,30H,1H3. The third kappa shape index (κ3) is 4.81. The Balaban J connectivity index is 1.53. The molecule has 3 heterocycles. The van der Waals surface area contributed by atoms with E-state index in [1.807, 2.05) is 12.1 Å². The number of sulfonamides is 1. The zero-order valence-corrected chi connectivity index (χ0v) is 20.7. The fraction of sp³-hybridized carbons (Fsp3) is 0.0385. The second-order valence-corrected chi connectivity index (χ2v) is 11.8. The SMILES string of the molecule is CS(=O)(=O)c1ccc(-c2ccnc3ccc(-c4cncc(NS(=O)(=O)c5ccccc5)c4)nc23)cc1. The Bertz CT molecular complexity index is 1790. The number of nitrogens with one attached hydrogen (secondary N) is 1. The molecule has 0 aliphatic rings. The molecule has 0 saturated carbocycles. The molecule has 5 aromatic rings. The summed E-state index contributed by atoms with van der Waals surface area (Å²) in [6.07, 6.45) is 5.87. The zero-order valence-electron chi connectivity index (χ0n) is 19.0. The van der Waals surface area contributed by atoms with Crippen LogP contribution < -0.4 is 4.72 Å². The molecule has 0 aliphatic carbocycles. The second-order valence-electron chi connectivity index (χ2n) is 8.10. The predicted octanol–water partition coefficient (Wildman–Crippen LogP) is 4.56. The van der Waals surface area contributed by atoms with Gasteiger partial charge in [-0.1, -0.05) is 30.3 Å². The number of sulfone groups is 1. The number of fused-ring (bicyclic) bond motifs is 1. The largest absolute Gasteiger partial charge is 0.278 e. The van der Waals surface area contributed by atoms with E-state index in [2.05, 4.69) is 14.7 Å². The summed E-state index contributed by atoms with van der Waals surface area (Å²) in [6, 6.07) is 21.8. The first kappa shape index (κ1) is 23.6. The fourth-order valence-corrected chi connectivity index (χ4v) is 5.44. The van der Waals surface area contributed by atoms with Crippen LogP contribution in [0.25, 0.3) is 33.4 Å². The highest BCUT2D eigenvalue weighted by atomic mass is 32.2. The van der Waals surface area contributed by atoms with Crippen molar-refractivity contribution in [3.05, 3.63) is 97.5 Å². The van der Waals surface area contributed by atoms with E-state index in [9.17, 15) is 16.8 Å². The van der Waals surface area contributed by atoms with E-state index >= 15 is 0 Å². The first-order valence-corrected chi connectivity index (χ1v) is 14.2. The Morgan fingerprint density at radius 1 is 0.750 bits per heavy atom. The van der Waals surface area contributed by atoms with Crippen molar-refractivity contribution in [2.24, 2.45) is 0 Å². The summed E-state index contributed by atoms with van der Waals surface area (Å²) in [5.74, 6) is 0. The molecule has 0 radical (unpaired) electrons. The molecule has 1 N–H and O–H groups in total. The van der Waals surface area contributed by atoms with Gasteiger partial charge in [0.15, 0.2) is 9.84 Å². The molecule has 0 saturated heterocycles. The number of pyridine rings is 3. The Hall–Kier alpha value is -4.15. The van der Waals surface area contributed by atoms with E-state index in [1.54, 1.807) is 67.0 Å². The molecule has 0 fully saturated rings. The molecule has 3 aromatic heterocycles. The maximum Gasteiger partial charge on any atom is 0.261 e. The molecule has 0 bridgehead atoms. The summed E-state index contributed by atoms with van der Waals surface area (Å²) in [6.45, 7) is 0. The Morgan fingerprint density at radius 2 is 1.50 bits per heavy atom. The minimum atomic E-state index is -3.77. The van der Waals surface area contributed by atoms with Gasteiger partial charge in [0.05, 0.1) is 38.4 Å². The van der Waals surface area contributed by atoms with Gasteiger partial charge in [0.2, 0.25) is 0 Å². The van der Waals surface area contributed by atoms with Crippen LogP contribution in [-0.2, 0) is 19.9 Å². The van der Waals surface area contributed by atoms with Gasteiger partial charge in [0.1, 0.15) is 0 Å². The monoisotopic (exact) mass is 516 g/mol. The Labute approximate surface area is 208 Å². The Kier molecular flexibility index (Phi) is 5.99. The highest BCUT2D eigenvalue weighted by molar-refractivity contribution is 7.92. The highest BCUT2D eigenvalue weighted by Crippen LogP contribution is 2.30. The summed E-state index contributed by atoms with van der Waals surface area (Å²) in [5, 5.41) is 0. The smallest absolute Gasteiger partial charge is 0.261 e. The number of benzene rings is 2. The fourth-order valence-electron chi connectivity index (χ4n) is 3.75. The minimum Gasteiger partial charge on any atom is -0.278 e. The van der Waals surface area contributed by atoms with Crippen LogP contribution in [0.3, 0.4) is 0 Å². The summed E-state index contributed by atoms with van der Waals surface area (Å²) in [5.41, 5.74) is 4.37. The molecule has 0 aliphatic heterocycles. The lowest BCUT2D eigenvalue weighted by Crippen LogP contribution is -2.13. The van der Waals surface area contributed by atoms with E-state index in [0.717, 1.165) is 11.1 Å². The molecule has 2 aromatic carbocycles. The van der Waals surface area contributed by atoms with E-state index in [4.69, 9.17) is 4.98 Å². The molecular weight excluding hydrogens is 496 g/mol. The molecule has 10 heteroatoms. The normalized spacial score (nSPS) is 11.9. The van der Waals surface area contributed by atoms with Crippen molar-refractivity contribution < 1.29 is 16.8 Å². The lowest BCUT2D eigenvalue weighted by molar-refractivity contribution is 0.599. The van der Waals surface area contributed by atoms with Gasteiger partial charge in [0, 0.05) is 29.8 Å². The van der Waals surface area contributed by atoms with Gasteiger partial charge in [-0.25, -0.2) is 21.8 Å². The zero-order chi connectivity index (χ0) is 25.3. The van der Waals surface area contributed by atoms with Crippen molar-refractivity contribution in [3.63, 3.8) is 0 Å². The van der Waals surface area contributed by atoms with Gasteiger partial charge in [-0.2, -0.15) is 0 Å². The second kappa shape index (κ2) is 9.14. The number of nitrogens with zero attached hydrogens (tertiary/aromatic N) is 3. The maximum absolute atomic E-state index is 12.7. The highest BCUT2D eigenvalue weighted by Gasteiger charge is 2.15. The molecular formula is C26H20N4O4S2. The summed E-state index contributed by atoms with van der Waals surface area (Å²) >= 11 is 0. The van der Waals surface area contributed by atoms with Crippen LogP contribution in [0, 0.1) is 0 Å². The third-order valence-corrected chi connectivity index (χ3v) is 8.04. The van der Waals surface area contributed by atoms with Gasteiger partial charge < -0.3 is 0 Å². The van der Waals surface area contributed by atoms with Crippen LogP contribution in [-0.4, -0.2) is 38.0 Å². The van der Waals surface area contributed by atoms with E-state index in [1.165, 1.54) is 24.6 Å². The average molecular weight is 517 g/mol. The first-order chi connectivity index (χ1) is 17.2. The summed E-state index contributed by atoms with van der Waals surface area (Å²) < 4.78 is 51.6. The molecule has 36 heavy (non-hydrogen) atoms. The number of anilines is 1. The van der Waals surface area contributed by atoms with Gasteiger partial charge in [-0.15, -0.1) is 0 Å². The van der Waals surface area contributed by atoms with Crippen molar-refractivity contribution in [3.8, 4) is 22.4 Å². The first-order valence-electron chi connectivity index (χ1n) is 10.8. The van der Waals surface area contributed by atoms with E-state index < -0.39 is 19.9 Å². The lowest BCUT2D eigenvalue weighted by atomic mass is 10.0. The molecule has 0 atom stereocenters. The molecule has 5 rings (SSSR count). The quantitative estimate of drug-likeness (QED) is 0.351. The van der Waals surface area contributed by atoms with Crippen LogP contribution in [0.4, 0.5) is 5.69 Å².